The number of esters is 1. The summed E-state index contributed by atoms with van der Waals surface area (Å²) in [6, 6.07) is 5.07. The van der Waals surface area contributed by atoms with Gasteiger partial charge in [0.15, 0.2) is 5.41 Å². The van der Waals surface area contributed by atoms with Gasteiger partial charge in [-0.25, -0.2) is 4.39 Å². The van der Waals surface area contributed by atoms with Gasteiger partial charge in [0.2, 0.25) is 0 Å². The highest BCUT2D eigenvalue weighted by Crippen LogP contribution is 2.33. The van der Waals surface area contributed by atoms with Crippen LogP contribution in [0.3, 0.4) is 0 Å². The second-order valence-electron chi connectivity index (χ2n) is 4.20. The van der Waals surface area contributed by atoms with Gasteiger partial charge in [-0.3, -0.25) is 14.0 Å². The van der Waals surface area contributed by atoms with Crippen molar-refractivity contribution in [2.75, 3.05) is 13.3 Å². The molecule has 0 fully saturated rings. The average Bonchev–Trinajstić information content (AvgIpc) is 2.41. The number of aliphatic carboxylic acids is 1. The number of alkyl halides is 1. The number of carboxylic acids is 1. The van der Waals surface area contributed by atoms with Crippen molar-refractivity contribution in [3.05, 3.63) is 35.6 Å². The summed E-state index contributed by atoms with van der Waals surface area (Å²) in [7, 11) is 0. The molecule has 110 valence electrons. The first-order chi connectivity index (χ1) is 9.50. The van der Waals surface area contributed by atoms with E-state index in [9.17, 15) is 23.5 Å². The first-order valence-corrected chi connectivity index (χ1v) is 6.22. The van der Waals surface area contributed by atoms with Gasteiger partial charge >= 0.3 is 11.9 Å². The molecule has 0 aliphatic rings. The number of hydrogen-bond acceptors (Lipinski definition) is 3. The van der Waals surface area contributed by atoms with E-state index >= 15 is 0 Å². The Balaban J connectivity index is 3.40. The number of hydrogen-bond donors (Lipinski definition) is 1. The SMILES string of the molecule is CCOC(=O)C(CCCF)(C(=O)O)c1ccccc1F. The Hall–Kier alpha value is -1.98. The lowest BCUT2D eigenvalue weighted by Gasteiger charge is -2.27. The van der Waals surface area contributed by atoms with Crippen LogP contribution in [0, 0.1) is 5.82 Å². The van der Waals surface area contributed by atoms with Crippen LogP contribution in [0.5, 0.6) is 0 Å². The Labute approximate surface area is 115 Å². The maximum atomic E-state index is 13.9. The van der Waals surface area contributed by atoms with E-state index in [-0.39, 0.29) is 25.0 Å². The van der Waals surface area contributed by atoms with Crippen molar-refractivity contribution < 1.29 is 28.2 Å². The molecule has 0 aliphatic carbocycles. The minimum absolute atomic E-state index is 0.0437. The van der Waals surface area contributed by atoms with Gasteiger partial charge in [0.1, 0.15) is 5.82 Å². The summed E-state index contributed by atoms with van der Waals surface area (Å²) in [4.78, 5) is 23.7. The highest BCUT2D eigenvalue weighted by Gasteiger charge is 2.50. The number of ether oxygens (including phenoxy) is 1. The molecule has 0 saturated heterocycles. The van der Waals surface area contributed by atoms with E-state index in [0.717, 1.165) is 6.07 Å². The smallest absolute Gasteiger partial charge is 0.328 e. The van der Waals surface area contributed by atoms with Crippen LogP contribution in [-0.2, 0) is 19.7 Å². The summed E-state index contributed by atoms with van der Waals surface area (Å²) < 4.78 is 31.1. The highest BCUT2D eigenvalue weighted by atomic mass is 19.1. The lowest BCUT2D eigenvalue weighted by Crippen LogP contribution is -2.46. The maximum Gasteiger partial charge on any atom is 0.328 e. The van der Waals surface area contributed by atoms with E-state index in [1.54, 1.807) is 0 Å². The molecule has 1 unspecified atom stereocenters. The summed E-state index contributed by atoms with van der Waals surface area (Å²) >= 11 is 0. The van der Waals surface area contributed by atoms with Crippen molar-refractivity contribution in [2.45, 2.75) is 25.2 Å². The van der Waals surface area contributed by atoms with Crippen molar-refractivity contribution >= 4 is 11.9 Å². The predicted octanol–water partition coefficient (Wildman–Crippen LogP) is 2.46. The standard InChI is InChI=1S/C14H16F2O4/c1-2-20-13(19)14(12(17)18,8-5-9-15)10-6-3-4-7-11(10)16/h3-4,6-7H,2,5,8-9H2,1H3,(H,17,18). The molecule has 0 aliphatic heterocycles. The molecule has 6 heteroatoms. The molecule has 20 heavy (non-hydrogen) atoms. The fraction of sp³-hybridized carbons (Fsp3) is 0.429. The molecular formula is C14H16F2O4. The van der Waals surface area contributed by atoms with Gasteiger partial charge in [0.05, 0.1) is 13.3 Å². The summed E-state index contributed by atoms with van der Waals surface area (Å²) in [5.41, 5.74) is -2.52. The molecule has 0 amide bonds. The van der Waals surface area contributed by atoms with E-state index in [2.05, 4.69) is 0 Å². The van der Waals surface area contributed by atoms with Gasteiger partial charge < -0.3 is 9.84 Å². The zero-order chi connectivity index (χ0) is 15.2. The molecule has 0 radical (unpaired) electrons. The van der Waals surface area contributed by atoms with Crippen LogP contribution < -0.4 is 0 Å². The largest absolute Gasteiger partial charge is 0.480 e. The van der Waals surface area contributed by atoms with Crippen LogP contribution in [-0.4, -0.2) is 30.3 Å². The topological polar surface area (TPSA) is 63.6 Å². The maximum absolute atomic E-state index is 13.9. The van der Waals surface area contributed by atoms with Crippen LogP contribution in [0.1, 0.15) is 25.3 Å². The number of rotatable bonds is 7. The van der Waals surface area contributed by atoms with E-state index in [1.807, 2.05) is 0 Å². The molecule has 1 rings (SSSR count). The zero-order valence-corrected chi connectivity index (χ0v) is 11.1. The van der Waals surface area contributed by atoms with Gasteiger partial charge in [0, 0.05) is 5.56 Å². The third-order valence-electron chi connectivity index (χ3n) is 3.01. The molecule has 0 bridgehead atoms. The van der Waals surface area contributed by atoms with Crippen LogP contribution in [0.4, 0.5) is 8.78 Å². The summed E-state index contributed by atoms with van der Waals surface area (Å²) in [6.45, 7) is 0.668. The Bertz CT molecular complexity index is 490. The van der Waals surface area contributed by atoms with Gasteiger partial charge in [-0.2, -0.15) is 0 Å². The van der Waals surface area contributed by atoms with Gasteiger partial charge in [0.25, 0.3) is 0 Å². The lowest BCUT2D eigenvalue weighted by atomic mass is 9.76. The second-order valence-corrected chi connectivity index (χ2v) is 4.20. The highest BCUT2D eigenvalue weighted by molar-refractivity contribution is 6.05. The van der Waals surface area contributed by atoms with Crippen molar-refractivity contribution in [3.63, 3.8) is 0 Å². The van der Waals surface area contributed by atoms with Crippen molar-refractivity contribution in [1.82, 2.24) is 0 Å². The summed E-state index contributed by atoms with van der Waals surface area (Å²) in [5, 5.41) is 9.44. The van der Waals surface area contributed by atoms with Crippen LogP contribution in [0.2, 0.25) is 0 Å². The monoisotopic (exact) mass is 286 g/mol. The van der Waals surface area contributed by atoms with Gasteiger partial charge in [-0.15, -0.1) is 0 Å². The molecule has 1 aromatic carbocycles. The Morgan fingerprint density at radius 1 is 1.35 bits per heavy atom. The fourth-order valence-electron chi connectivity index (χ4n) is 2.05. The first kappa shape index (κ1) is 16.1. The molecule has 0 aromatic heterocycles. The number of halogens is 2. The van der Waals surface area contributed by atoms with E-state index in [0.29, 0.717) is 0 Å². The fourth-order valence-corrected chi connectivity index (χ4v) is 2.05. The summed E-state index contributed by atoms with van der Waals surface area (Å²) in [6.07, 6.45) is -0.544. The third-order valence-corrected chi connectivity index (χ3v) is 3.01. The number of benzene rings is 1. The van der Waals surface area contributed by atoms with Crippen molar-refractivity contribution in [3.8, 4) is 0 Å². The lowest BCUT2D eigenvalue weighted by molar-refractivity contribution is -0.162. The molecule has 0 saturated carbocycles. The van der Waals surface area contributed by atoms with Gasteiger partial charge in [-0.05, 0) is 25.8 Å². The predicted molar refractivity (Wildman–Crippen MR) is 67.6 cm³/mol. The van der Waals surface area contributed by atoms with Crippen molar-refractivity contribution in [1.29, 1.82) is 0 Å². The summed E-state index contributed by atoms with van der Waals surface area (Å²) in [5.74, 6) is -3.46. The molecule has 4 nitrogen and oxygen atoms in total. The minimum atomic E-state index is -2.21. The van der Waals surface area contributed by atoms with E-state index < -0.39 is 29.8 Å². The zero-order valence-electron chi connectivity index (χ0n) is 11.1. The second kappa shape index (κ2) is 6.98. The normalized spacial score (nSPS) is 13.6. The number of carbonyl (C=O) groups is 2. The van der Waals surface area contributed by atoms with Crippen LogP contribution in [0.15, 0.2) is 24.3 Å². The molecule has 1 atom stereocenters. The minimum Gasteiger partial charge on any atom is -0.480 e. The van der Waals surface area contributed by atoms with Crippen molar-refractivity contribution in [2.24, 2.45) is 0 Å². The Morgan fingerprint density at radius 2 is 2.00 bits per heavy atom. The van der Waals surface area contributed by atoms with Crippen LogP contribution in [0.25, 0.3) is 0 Å². The molecule has 1 N–H and O–H groups in total. The van der Waals surface area contributed by atoms with E-state index in [1.165, 1.54) is 25.1 Å². The average molecular weight is 286 g/mol. The quantitative estimate of drug-likeness (QED) is 0.617. The third kappa shape index (κ3) is 2.95. The number of carbonyl (C=O) groups excluding carboxylic acids is 1. The Morgan fingerprint density at radius 3 is 2.50 bits per heavy atom. The Kier molecular flexibility index (Phi) is 5.61. The van der Waals surface area contributed by atoms with E-state index in [4.69, 9.17) is 4.74 Å². The molecular weight excluding hydrogens is 270 g/mol. The number of carboxylic acid groups (broad SMARTS) is 1. The molecule has 0 spiro atoms. The van der Waals surface area contributed by atoms with Crippen LogP contribution >= 0.6 is 0 Å². The first-order valence-electron chi connectivity index (χ1n) is 6.22. The molecule has 1 aromatic rings. The molecule has 0 heterocycles. The van der Waals surface area contributed by atoms with Gasteiger partial charge in [-0.1, -0.05) is 18.2 Å².